The van der Waals surface area contributed by atoms with Gasteiger partial charge in [0, 0.05) is 0 Å². The fourth-order valence-electron chi connectivity index (χ4n) is 5.80. The molecule has 0 nitrogen and oxygen atoms in total. The normalized spacial score (nSPS) is 13.4. The Balaban J connectivity index is 1.79. The molecular weight excluding hydrogens is 396 g/mol. The minimum Gasteiger partial charge on any atom is -0.0622 e. The van der Waals surface area contributed by atoms with Gasteiger partial charge in [-0.1, -0.05) is 115 Å². The van der Waals surface area contributed by atoms with E-state index in [0.29, 0.717) is 0 Å². The first-order valence-corrected chi connectivity index (χ1v) is 11.6. The average molecular weight is 423 g/mol. The van der Waals surface area contributed by atoms with Crippen LogP contribution in [-0.4, -0.2) is 0 Å². The van der Waals surface area contributed by atoms with Crippen molar-refractivity contribution in [1.29, 1.82) is 0 Å². The highest BCUT2D eigenvalue weighted by Crippen LogP contribution is 2.57. The van der Waals surface area contributed by atoms with Gasteiger partial charge in [0.15, 0.2) is 0 Å². The van der Waals surface area contributed by atoms with Gasteiger partial charge in [0.2, 0.25) is 0 Å². The van der Waals surface area contributed by atoms with Crippen molar-refractivity contribution in [2.24, 2.45) is 0 Å². The zero-order chi connectivity index (χ0) is 22.4. The minimum atomic E-state index is -0.354. The summed E-state index contributed by atoms with van der Waals surface area (Å²) >= 11 is 0. The average Bonchev–Trinajstić information content (AvgIpc) is 3.15. The largest absolute Gasteiger partial charge is 0.0718 e. The third-order valence-electron chi connectivity index (χ3n) is 7.25. The molecule has 0 saturated carbocycles. The van der Waals surface area contributed by atoms with Gasteiger partial charge in [0.25, 0.3) is 0 Å². The van der Waals surface area contributed by atoms with E-state index in [1.807, 2.05) is 0 Å². The smallest absolute Gasteiger partial charge is 0.0622 e. The van der Waals surface area contributed by atoms with Crippen LogP contribution >= 0.6 is 0 Å². The van der Waals surface area contributed by atoms with Crippen LogP contribution < -0.4 is 0 Å². The number of aryl methyl sites for hydroxylation is 2. The molecule has 0 N–H and O–H groups in total. The highest BCUT2D eigenvalue weighted by Gasteiger charge is 2.47. The van der Waals surface area contributed by atoms with E-state index in [-0.39, 0.29) is 5.41 Å². The molecule has 1 aliphatic carbocycles. The summed E-state index contributed by atoms with van der Waals surface area (Å²) in [4.78, 5) is 0. The van der Waals surface area contributed by atoms with Crippen molar-refractivity contribution >= 4 is 0 Å². The molecule has 5 aromatic carbocycles. The van der Waals surface area contributed by atoms with Crippen molar-refractivity contribution in [1.82, 2.24) is 0 Å². The quantitative estimate of drug-likeness (QED) is 0.269. The lowest BCUT2D eigenvalue weighted by Gasteiger charge is -2.36. The van der Waals surface area contributed by atoms with Gasteiger partial charge in [-0.05, 0) is 75.5 Å². The first-order chi connectivity index (χ1) is 16.2. The summed E-state index contributed by atoms with van der Waals surface area (Å²) in [6.07, 6.45) is 0. The van der Waals surface area contributed by atoms with Crippen molar-refractivity contribution in [2.45, 2.75) is 19.3 Å². The predicted molar refractivity (Wildman–Crippen MR) is 139 cm³/mol. The van der Waals surface area contributed by atoms with Gasteiger partial charge in [-0.15, -0.1) is 0 Å². The van der Waals surface area contributed by atoms with Crippen LogP contribution in [0.1, 0.15) is 33.4 Å². The Bertz CT molecular complexity index is 1430. The van der Waals surface area contributed by atoms with Crippen molar-refractivity contribution < 1.29 is 0 Å². The van der Waals surface area contributed by atoms with Gasteiger partial charge >= 0.3 is 0 Å². The minimum absolute atomic E-state index is 0.354. The molecule has 0 radical (unpaired) electrons. The van der Waals surface area contributed by atoms with Crippen LogP contribution in [0.15, 0.2) is 121 Å². The Morgan fingerprint density at radius 3 is 1.55 bits per heavy atom. The van der Waals surface area contributed by atoms with Crippen LogP contribution in [0.3, 0.4) is 0 Å². The molecule has 0 unspecified atom stereocenters. The molecule has 0 fully saturated rings. The van der Waals surface area contributed by atoms with Gasteiger partial charge < -0.3 is 0 Å². The maximum absolute atomic E-state index is 2.43. The number of fused-ring (bicyclic) bond motifs is 3. The summed E-state index contributed by atoms with van der Waals surface area (Å²) in [6, 6.07) is 44.5. The Morgan fingerprint density at radius 2 is 0.909 bits per heavy atom. The second kappa shape index (κ2) is 7.60. The highest BCUT2D eigenvalue weighted by molar-refractivity contribution is 5.88. The summed E-state index contributed by atoms with van der Waals surface area (Å²) in [5.74, 6) is 0. The molecule has 0 heteroatoms. The van der Waals surface area contributed by atoms with Crippen LogP contribution in [0.25, 0.3) is 22.3 Å². The third kappa shape index (κ3) is 2.84. The van der Waals surface area contributed by atoms with Crippen molar-refractivity contribution in [3.63, 3.8) is 0 Å². The number of rotatable bonds is 3. The van der Waals surface area contributed by atoms with E-state index in [9.17, 15) is 0 Å². The van der Waals surface area contributed by atoms with Gasteiger partial charge in [0.1, 0.15) is 0 Å². The van der Waals surface area contributed by atoms with Gasteiger partial charge in [-0.3, -0.25) is 0 Å². The SMILES string of the molecule is Cc1ccccc1C1(c2ccccc2C)c2ccccc2-c2ccc(-c3ccccc3)cc21. The van der Waals surface area contributed by atoms with E-state index >= 15 is 0 Å². The Kier molecular flexibility index (Phi) is 4.55. The maximum Gasteiger partial charge on any atom is 0.0718 e. The van der Waals surface area contributed by atoms with E-state index in [1.165, 1.54) is 55.6 Å². The summed E-state index contributed by atoms with van der Waals surface area (Å²) in [6.45, 7) is 4.49. The van der Waals surface area contributed by atoms with E-state index in [0.717, 1.165) is 0 Å². The van der Waals surface area contributed by atoms with Crippen LogP contribution in [0.5, 0.6) is 0 Å². The van der Waals surface area contributed by atoms with Crippen LogP contribution in [-0.2, 0) is 5.41 Å². The fraction of sp³-hybridized carbons (Fsp3) is 0.0909. The fourth-order valence-corrected chi connectivity index (χ4v) is 5.80. The molecule has 0 heterocycles. The molecule has 0 aromatic heterocycles. The Hall–Kier alpha value is -3.90. The summed E-state index contributed by atoms with van der Waals surface area (Å²) in [5.41, 5.74) is 12.9. The molecule has 6 rings (SSSR count). The summed E-state index contributed by atoms with van der Waals surface area (Å²) in [5, 5.41) is 0. The first kappa shape index (κ1) is 19.8. The molecule has 0 saturated heterocycles. The third-order valence-corrected chi connectivity index (χ3v) is 7.25. The molecule has 0 bridgehead atoms. The van der Waals surface area contributed by atoms with Gasteiger partial charge in [0.05, 0.1) is 5.41 Å². The van der Waals surface area contributed by atoms with Crippen LogP contribution in [0, 0.1) is 13.8 Å². The lowest BCUT2D eigenvalue weighted by Crippen LogP contribution is -2.30. The standard InChI is InChI=1S/C33H26/c1-23-12-6-9-17-29(23)33(30-18-10-7-13-24(30)2)31-19-11-8-16-27(31)28-21-20-26(22-32(28)33)25-14-4-3-5-15-25/h3-22H,1-2H3. The topological polar surface area (TPSA) is 0 Å². The second-order valence-electron chi connectivity index (χ2n) is 9.05. The molecule has 158 valence electrons. The lowest BCUT2D eigenvalue weighted by molar-refractivity contribution is 0.754. The molecule has 1 aliphatic rings. The molecule has 0 atom stereocenters. The van der Waals surface area contributed by atoms with E-state index in [4.69, 9.17) is 0 Å². The predicted octanol–water partition coefficient (Wildman–Crippen LogP) is 8.33. The molecule has 0 aliphatic heterocycles. The second-order valence-corrected chi connectivity index (χ2v) is 9.05. The molecule has 5 aromatic rings. The molecule has 0 spiro atoms. The summed E-state index contributed by atoms with van der Waals surface area (Å²) < 4.78 is 0. The monoisotopic (exact) mass is 422 g/mol. The molecule has 33 heavy (non-hydrogen) atoms. The maximum atomic E-state index is 2.43. The zero-order valence-corrected chi connectivity index (χ0v) is 19.0. The Labute approximate surface area is 196 Å². The Morgan fingerprint density at radius 1 is 0.394 bits per heavy atom. The lowest BCUT2D eigenvalue weighted by atomic mass is 9.65. The van der Waals surface area contributed by atoms with Crippen LogP contribution in [0.4, 0.5) is 0 Å². The van der Waals surface area contributed by atoms with E-state index in [2.05, 4.69) is 135 Å². The highest BCUT2D eigenvalue weighted by atomic mass is 14.5. The van der Waals surface area contributed by atoms with Crippen LogP contribution in [0.2, 0.25) is 0 Å². The number of hydrogen-bond donors (Lipinski definition) is 0. The van der Waals surface area contributed by atoms with Gasteiger partial charge in [-0.2, -0.15) is 0 Å². The first-order valence-electron chi connectivity index (χ1n) is 11.6. The zero-order valence-electron chi connectivity index (χ0n) is 19.0. The molecular formula is C33H26. The van der Waals surface area contributed by atoms with E-state index < -0.39 is 0 Å². The van der Waals surface area contributed by atoms with Crippen molar-refractivity contribution in [3.8, 4) is 22.3 Å². The van der Waals surface area contributed by atoms with Gasteiger partial charge in [-0.25, -0.2) is 0 Å². The number of benzene rings is 5. The number of hydrogen-bond acceptors (Lipinski definition) is 0. The molecule has 0 amide bonds. The van der Waals surface area contributed by atoms with E-state index in [1.54, 1.807) is 0 Å². The summed E-state index contributed by atoms with van der Waals surface area (Å²) in [7, 11) is 0. The van der Waals surface area contributed by atoms with Crippen molar-refractivity contribution in [2.75, 3.05) is 0 Å². The van der Waals surface area contributed by atoms with Crippen molar-refractivity contribution in [3.05, 3.63) is 155 Å².